The summed E-state index contributed by atoms with van der Waals surface area (Å²) in [5.74, 6) is 5.28. The Labute approximate surface area is 120 Å². The zero-order chi connectivity index (χ0) is 13.5. The highest BCUT2D eigenvalue weighted by molar-refractivity contribution is 4.95. The lowest BCUT2D eigenvalue weighted by Crippen LogP contribution is -2.34. The molecule has 0 radical (unpaired) electrons. The highest BCUT2D eigenvalue weighted by Gasteiger charge is 2.45. The Morgan fingerprint density at radius 1 is 0.684 bits per heavy atom. The van der Waals surface area contributed by atoms with Crippen LogP contribution in [0, 0.1) is 35.0 Å². The molecule has 3 fully saturated rings. The van der Waals surface area contributed by atoms with Crippen LogP contribution in [0.25, 0.3) is 0 Å². The normalized spacial score (nSPS) is 44.1. The maximum Gasteiger partial charge on any atom is -0.0297 e. The minimum Gasteiger partial charge on any atom is -0.0625 e. The summed E-state index contributed by atoms with van der Waals surface area (Å²) in [4.78, 5) is 0. The van der Waals surface area contributed by atoms with Crippen LogP contribution in [0.2, 0.25) is 0 Å². The molecule has 3 rings (SSSR count). The van der Waals surface area contributed by atoms with E-state index in [0.717, 1.165) is 29.6 Å². The van der Waals surface area contributed by atoms with Gasteiger partial charge in [0, 0.05) is 0 Å². The summed E-state index contributed by atoms with van der Waals surface area (Å²) in [6.07, 6.45) is 15.3. The van der Waals surface area contributed by atoms with E-state index in [-0.39, 0.29) is 0 Å². The first-order valence-electron chi connectivity index (χ1n) is 9.07. The van der Waals surface area contributed by atoms with Crippen molar-refractivity contribution in [2.45, 2.75) is 85.0 Å². The van der Waals surface area contributed by atoms with Gasteiger partial charge in [0.15, 0.2) is 0 Å². The van der Waals surface area contributed by atoms with Crippen LogP contribution in [-0.4, -0.2) is 0 Å². The van der Waals surface area contributed by atoms with E-state index >= 15 is 0 Å². The summed E-state index contributed by atoms with van der Waals surface area (Å²) in [7, 11) is 0. The van der Waals surface area contributed by atoms with E-state index in [1.807, 2.05) is 0 Å². The molecule has 3 aliphatic carbocycles. The molecule has 19 heavy (non-hydrogen) atoms. The van der Waals surface area contributed by atoms with E-state index in [4.69, 9.17) is 0 Å². The maximum absolute atomic E-state index is 2.62. The molecule has 0 aliphatic heterocycles. The molecule has 0 heterocycles. The van der Waals surface area contributed by atoms with Crippen molar-refractivity contribution in [1.82, 2.24) is 0 Å². The number of fused-ring (bicyclic) bond motifs is 1. The van der Waals surface area contributed by atoms with Crippen molar-refractivity contribution in [3.63, 3.8) is 0 Å². The van der Waals surface area contributed by atoms with Gasteiger partial charge in [0.25, 0.3) is 0 Å². The fourth-order valence-corrected chi connectivity index (χ4v) is 5.68. The first-order chi connectivity index (χ1) is 9.07. The van der Waals surface area contributed by atoms with Gasteiger partial charge in [-0.05, 0) is 60.7 Å². The fraction of sp³-hybridized carbons (Fsp3) is 1.00. The Kier molecular flexibility index (Phi) is 3.98. The smallest absolute Gasteiger partial charge is 0.0297 e. The average Bonchev–Trinajstić information content (AvgIpc) is 2.83. The van der Waals surface area contributed by atoms with Gasteiger partial charge in [0.1, 0.15) is 0 Å². The molecule has 3 saturated carbocycles. The molecule has 0 saturated heterocycles. The zero-order valence-electron chi connectivity index (χ0n) is 13.5. The van der Waals surface area contributed by atoms with Gasteiger partial charge in [0.05, 0.1) is 0 Å². The van der Waals surface area contributed by atoms with Crippen LogP contribution in [0.1, 0.15) is 85.0 Å². The highest BCUT2D eigenvalue weighted by Crippen LogP contribution is 2.55. The second kappa shape index (κ2) is 5.41. The van der Waals surface area contributed by atoms with Gasteiger partial charge in [0.2, 0.25) is 0 Å². The number of hydrogen-bond donors (Lipinski definition) is 0. The maximum atomic E-state index is 2.62. The van der Waals surface area contributed by atoms with Gasteiger partial charge in [-0.1, -0.05) is 59.3 Å². The minimum atomic E-state index is 0.622. The van der Waals surface area contributed by atoms with Gasteiger partial charge in [-0.25, -0.2) is 0 Å². The number of hydrogen-bond acceptors (Lipinski definition) is 0. The van der Waals surface area contributed by atoms with E-state index in [1.165, 1.54) is 38.5 Å². The molecule has 2 unspecified atom stereocenters. The Morgan fingerprint density at radius 2 is 1.21 bits per heavy atom. The van der Waals surface area contributed by atoms with Crippen molar-refractivity contribution in [2.75, 3.05) is 0 Å². The summed E-state index contributed by atoms with van der Waals surface area (Å²) in [6.45, 7) is 7.69. The standard InChI is InChI=1S/C19H34/c1-14-8-10-17(11-9-14)19(2,3)18-12-15-6-4-5-7-16(15)13-18/h14-18H,4-13H2,1-3H3. The Balaban J connectivity index is 1.64. The minimum absolute atomic E-state index is 0.622. The highest BCUT2D eigenvalue weighted by atomic mass is 14.5. The summed E-state index contributed by atoms with van der Waals surface area (Å²) in [5, 5.41) is 0. The quantitative estimate of drug-likeness (QED) is 0.568. The summed E-state index contributed by atoms with van der Waals surface area (Å²) < 4.78 is 0. The summed E-state index contributed by atoms with van der Waals surface area (Å²) >= 11 is 0. The van der Waals surface area contributed by atoms with Crippen molar-refractivity contribution >= 4 is 0 Å². The van der Waals surface area contributed by atoms with Gasteiger partial charge in [-0.15, -0.1) is 0 Å². The van der Waals surface area contributed by atoms with Crippen LogP contribution >= 0.6 is 0 Å². The third kappa shape index (κ3) is 2.74. The summed E-state index contributed by atoms with van der Waals surface area (Å²) in [5.41, 5.74) is 0.622. The molecule has 0 spiro atoms. The molecule has 3 aliphatic rings. The molecule has 2 atom stereocenters. The van der Waals surface area contributed by atoms with Crippen LogP contribution in [0.4, 0.5) is 0 Å². The van der Waals surface area contributed by atoms with Gasteiger partial charge in [-0.3, -0.25) is 0 Å². The van der Waals surface area contributed by atoms with E-state index in [0.29, 0.717) is 5.41 Å². The predicted molar refractivity (Wildman–Crippen MR) is 83.1 cm³/mol. The van der Waals surface area contributed by atoms with E-state index in [9.17, 15) is 0 Å². The molecule has 0 aromatic heterocycles. The molecule has 0 N–H and O–H groups in total. The van der Waals surface area contributed by atoms with Crippen molar-refractivity contribution in [2.24, 2.45) is 35.0 Å². The molecule has 0 heteroatoms. The second-order valence-corrected chi connectivity index (χ2v) is 8.75. The lowest BCUT2D eigenvalue weighted by molar-refractivity contribution is 0.0707. The lowest BCUT2D eigenvalue weighted by Gasteiger charge is -2.43. The molecule has 0 aromatic rings. The van der Waals surface area contributed by atoms with Crippen molar-refractivity contribution in [3.05, 3.63) is 0 Å². The zero-order valence-corrected chi connectivity index (χ0v) is 13.5. The van der Waals surface area contributed by atoms with E-state index in [1.54, 1.807) is 25.7 Å². The largest absolute Gasteiger partial charge is 0.0625 e. The van der Waals surface area contributed by atoms with Crippen LogP contribution in [0.15, 0.2) is 0 Å². The van der Waals surface area contributed by atoms with E-state index in [2.05, 4.69) is 20.8 Å². The first kappa shape index (κ1) is 14.0. The molecule has 0 nitrogen and oxygen atoms in total. The van der Waals surface area contributed by atoms with Crippen molar-refractivity contribution in [3.8, 4) is 0 Å². The third-order valence-corrected chi connectivity index (χ3v) is 7.36. The second-order valence-electron chi connectivity index (χ2n) is 8.75. The molecule has 110 valence electrons. The SMILES string of the molecule is CC1CCC(C(C)(C)C2CC3CCCCC3C2)CC1. The fourth-order valence-electron chi connectivity index (χ4n) is 5.68. The van der Waals surface area contributed by atoms with Crippen LogP contribution < -0.4 is 0 Å². The van der Waals surface area contributed by atoms with Crippen molar-refractivity contribution in [1.29, 1.82) is 0 Å². The monoisotopic (exact) mass is 262 g/mol. The molecule has 0 aromatic carbocycles. The topological polar surface area (TPSA) is 0 Å². The molecule has 0 bridgehead atoms. The van der Waals surface area contributed by atoms with Gasteiger partial charge < -0.3 is 0 Å². The predicted octanol–water partition coefficient (Wildman–Crippen LogP) is 6.06. The lowest BCUT2D eigenvalue weighted by atomic mass is 9.62. The van der Waals surface area contributed by atoms with Crippen molar-refractivity contribution < 1.29 is 0 Å². The Bertz CT molecular complexity index is 281. The van der Waals surface area contributed by atoms with Crippen LogP contribution in [-0.2, 0) is 0 Å². The number of rotatable bonds is 2. The molecular formula is C19H34. The third-order valence-electron chi connectivity index (χ3n) is 7.36. The first-order valence-corrected chi connectivity index (χ1v) is 9.07. The van der Waals surface area contributed by atoms with Gasteiger partial charge >= 0.3 is 0 Å². The van der Waals surface area contributed by atoms with Crippen LogP contribution in [0.5, 0.6) is 0 Å². The van der Waals surface area contributed by atoms with E-state index < -0.39 is 0 Å². The average molecular weight is 262 g/mol. The Hall–Kier alpha value is 0. The Morgan fingerprint density at radius 3 is 1.74 bits per heavy atom. The summed E-state index contributed by atoms with van der Waals surface area (Å²) in [6, 6.07) is 0. The van der Waals surface area contributed by atoms with Gasteiger partial charge in [-0.2, -0.15) is 0 Å². The van der Waals surface area contributed by atoms with Crippen LogP contribution in [0.3, 0.4) is 0 Å². The molecule has 0 amide bonds. The molecular weight excluding hydrogens is 228 g/mol.